The molecule has 1 heterocycles. The Morgan fingerprint density at radius 1 is 1.00 bits per heavy atom. The van der Waals surface area contributed by atoms with Gasteiger partial charge in [0.05, 0.1) is 17.7 Å². The van der Waals surface area contributed by atoms with Crippen molar-refractivity contribution in [3.63, 3.8) is 0 Å². The fourth-order valence-corrected chi connectivity index (χ4v) is 5.71. The molecule has 0 aromatic heterocycles. The predicted molar refractivity (Wildman–Crippen MR) is 70.3 cm³/mol. The molecule has 4 fully saturated rings. The summed E-state index contributed by atoms with van der Waals surface area (Å²) in [7, 11) is 0. The zero-order valence-electron chi connectivity index (χ0n) is 11.2. The highest BCUT2D eigenvalue weighted by Crippen LogP contribution is 2.63. The van der Waals surface area contributed by atoms with Gasteiger partial charge in [0, 0.05) is 17.7 Å². The highest BCUT2D eigenvalue weighted by atomic mass is 15.0. The summed E-state index contributed by atoms with van der Waals surface area (Å²) in [6.07, 6.45) is 8.00. The van der Waals surface area contributed by atoms with E-state index in [2.05, 4.69) is 17.5 Å². The maximum atomic E-state index is 9.44. The van der Waals surface area contributed by atoms with Gasteiger partial charge in [0.1, 0.15) is 5.92 Å². The molecule has 5 aliphatic rings. The minimum absolute atomic E-state index is 0.215. The fraction of sp³-hybridized carbons (Fsp3) is 0.750. The van der Waals surface area contributed by atoms with Gasteiger partial charge in [-0.2, -0.15) is 10.5 Å². The van der Waals surface area contributed by atoms with Gasteiger partial charge in [-0.15, -0.1) is 0 Å². The average Bonchev–Trinajstić information content (AvgIpc) is 2.80. The van der Waals surface area contributed by atoms with E-state index in [0.717, 1.165) is 23.3 Å². The molecule has 5 rings (SSSR count). The Bertz CT molecular complexity index is 496. The Kier molecular flexibility index (Phi) is 2.25. The molecule has 19 heavy (non-hydrogen) atoms. The Morgan fingerprint density at radius 2 is 1.58 bits per heavy atom. The van der Waals surface area contributed by atoms with Gasteiger partial charge in [-0.3, -0.25) is 0 Å². The van der Waals surface area contributed by atoms with Crippen LogP contribution in [0.2, 0.25) is 0 Å². The van der Waals surface area contributed by atoms with Crippen LogP contribution in [0.5, 0.6) is 0 Å². The van der Waals surface area contributed by atoms with Gasteiger partial charge in [0.2, 0.25) is 0 Å². The van der Waals surface area contributed by atoms with Crippen LogP contribution in [0, 0.1) is 51.7 Å². The third-order valence-corrected chi connectivity index (χ3v) is 5.95. The standard InChI is InChI=1S/C16H19N3/c17-7-13-9-19-15(14(13)8-18)16-4-10-1-11(5-16)3-12(2-10)6-16/h10-13,19H,1-6,9H2. The third kappa shape index (κ3) is 1.48. The number of hydrogen-bond acceptors (Lipinski definition) is 3. The molecule has 1 unspecified atom stereocenters. The summed E-state index contributed by atoms with van der Waals surface area (Å²) in [5, 5.41) is 22.1. The van der Waals surface area contributed by atoms with Crippen LogP contribution in [0.15, 0.2) is 11.3 Å². The van der Waals surface area contributed by atoms with Gasteiger partial charge < -0.3 is 5.32 Å². The van der Waals surface area contributed by atoms with Crippen molar-refractivity contribution in [3.05, 3.63) is 11.3 Å². The molecule has 1 atom stereocenters. The summed E-state index contributed by atoms with van der Waals surface area (Å²) in [6, 6.07) is 4.62. The van der Waals surface area contributed by atoms with E-state index in [1.807, 2.05) is 0 Å². The van der Waals surface area contributed by atoms with E-state index < -0.39 is 0 Å². The van der Waals surface area contributed by atoms with E-state index in [0.29, 0.717) is 6.54 Å². The summed E-state index contributed by atoms with van der Waals surface area (Å²) in [6.45, 7) is 0.649. The molecular weight excluding hydrogens is 234 g/mol. The molecule has 0 radical (unpaired) electrons. The maximum Gasteiger partial charge on any atom is 0.100 e. The van der Waals surface area contributed by atoms with Crippen LogP contribution >= 0.6 is 0 Å². The lowest BCUT2D eigenvalue weighted by Gasteiger charge is -2.57. The minimum atomic E-state index is -0.215. The Hall–Kier alpha value is -1.48. The molecular formula is C16H19N3. The topological polar surface area (TPSA) is 59.6 Å². The van der Waals surface area contributed by atoms with Crippen LogP contribution in [0.3, 0.4) is 0 Å². The van der Waals surface area contributed by atoms with Crippen LogP contribution in [0.4, 0.5) is 0 Å². The fourth-order valence-electron chi connectivity index (χ4n) is 5.71. The zero-order chi connectivity index (χ0) is 13.0. The van der Waals surface area contributed by atoms with Crippen LogP contribution in [-0.2, 0) is 0 Å². The first-order valence-corrected chi connectivity index (χ1v) is 7.52. The molecule has 0 aromatic carbocycles. The predicted octanol–water partition coefficient (Wildman–Crippen LogP) is 2.72. The van der Waals surface area contributed by atoms with E-state index in [1.165, 1.54) is 44.2 Å². The molecule has 4 aliphatic carbocycles. The first-order valence-electron chi connectivity index (χ1n) is 7.52. The van der Waals surface area contributed by atoms with E-state index in [4.69, 9.17) is 0 Å². The zero-order valence-corrected chi connectivity index (χ0v) is 11.2. The lowest BCUT2D eigenvalue weighted by atomic mass is 9.48. The lowest BCUT2D eigenvalue weighted by Crippen LogP contribution is -2.48. The monoisotopic (exact) mass is 253 g/mol. The summed E-state index contributed by atoms with van der Waals surface area (Å²) >= 11 is 0. The molecule has 3 heteroatoms. The quantitative estimate of drug-likeness (QED) is 0.781. The van der Waals surface area contributed by atoms with Crippen molar-refractivity contribution in [2.45, 2.75) is 38.5 Å². The Labute approximate surface area is 114 Å². The highest BCUT2D eigenvalue weighted by Gasteiger charge is 2.54. The third-order valence-electron chi connectivity index (χ3n) is 5.95. The van der Waals surface area contributed by atoms with Crippen LogP contribution in [0.1, 0.15) is 38.5 Å². The van der Waals surface area contributed by atoms with E-state index in [9.17, 15) is 10.5 Å². The van der Waals surface area contributed by atoms with Crippen LogP contribution < -0.4 is 5.32 Å². The average molecular weight is 253 g/mol. The van der Waals surface area contributed by atoms with Crippen molar-refractivity contribution >= 4 is 0 Å². The number of rotatable bonds is 1. The first-order chi connectivity index (χ1) is 9.24. The van der Waals surface area contributed by atoms with Crippen molar-refractivity contribution in [2.24, 2.45) is 29.1 Å². The van der Waals surface area contributed by atoms with Crippen LogP contribution in [0.25, 0.3) is 0 Å². The number of hydrogen-bond donors (Lipinski definition) is 1. The Morgan fingerprint density at radius 3 is 2.05 bits per heavy atom. The van der Waals surface area contributed by atoms with Gasteiger partial charge in [-0.1, -0.05) is 0 Å². The van der Waals surface area contributed by atoms with E-state index in [1.54, 1.807) is 0 Å². The van der Waals surface area contributed by atoms with Gasteiger partial charge >= 0.3 is 0 Å². The second kappa shape index (κ2) is 3.76. The highest BCUT2D eigenvalue weighted by molar-refractivity contribution is 5.41. The molecule has 3 nitrogen and oxygen atoms in total. The number of allylic oxidation sites excluding steroid dienone is 1. The largest absolute Gasteiger partial charge is 0.385 e. The van der Waals surface area contributed by atoms with E-state index in [-0.39, 0.29) is 11.3 Å². The summed E-state index contributed by atoms with van der Waals surface area (Å²) in [5.41, 5.74) is 2.15. The lowest BCUT2D eigenvalue weighted by molar-refractivity contribution is -0.0333. The number of nitriles is 2. The maximum absolute atomic E-state index is 9.44. The molecule has 0 amide bonds. The molecule has 4 bridgehead atoms. The SMILES string of the molecule is N#CC1=C(C23CC4CC(CC(C4)C2)C3)NCC1C#N. The smallest absolute Gasteiger partial charge is 0.100 e. The molecule has 0 aromatic rings. The van der Waals surface area contributed by atoms with Crippen molar-refractivity contribution in [1.82, 2.24) is 5.32 Å². The second-order valence-corrected chi connectivity index (χ2v) is 7.16. The number of nitrogens with one attached hydrogen (secondary N) is 1. The molecule has 1 N–H and O–H groups in total. The van der Waals surface area contributed by atoms with E-state index >= 15 is 0 Å². The second-order valence-electron chi connectivity index (χ2n) is 7.16. The van der Waals surface area contributed by atoms with Crippen molar-refractivity contribution in [3.8, 4) is 12.1 Å². The molecule has 0 saturated heterocycles. The number of nitrogens with zero attached hydrogens (tertiary/aromatic N) is 2. The van der Waals surface area contributed by atoms with Gasteiger partial charge in [0.25, 0.3) is 0 Å². The summed E-state index contributed by atoms with van der Waals surface area (Å²) < 4.78 is 0. The molecule has 1 aliphatic heterocycles. The minimum Gasteiger partial charge on any atom is -0.385 e. The van der Waals surface area contributed by atoms with Crippen molar-refractivity contribution < 1.29 is 0 Å². The van der Waals surface area contributed by atoms with Gasteiger partial charge in [-0.25, -0.2) is 0 Å². The molecule has 4 saturated carbocycles. The van der Waals surface area contributed by atoms with Crippen molar-refractivity contribution in [2.75, 3.05) is 6.54 Å². The summed E-state index contributed by atoms with van der Waals surface area (Å²) in [4.78, 5) is 0. The normalized spacial score (nSPS) is 46.8. The van der Waals surface area contributed by atoms with Gasteiger partial charge in [-0.05, 0) is 56.3 Å². The van der Waals surface area contributed by atoms with Gasteiger partial charge in [0.15, 0.2) is 0 Å². The molecule has 98 valence electrons. The van der Waals surface area contributed by atoms with Crippen molar-refractivity contribution in [1.29, 1.82) is 10.5 Å². The summed E-state index contributed by atoms with van der Waals surface area (Å²) in [5.74, 6) is 2.41. The molecule has 0 spiro atoms. The Balaban J connectivity index is 1.76. The first kappa shape index (κ1) is 11.4. The van der Waals surface area contributed by atoms with Crippen LogP contribution in [-0.4, -0.2) is 6.54 Å².